The van der Waals surface area contributed by atoms with Gasteiger partial charge in [-0.2, -0.15) is 0 Å². The highest BCUT2D eigenvalue weighted by Crippen LogP contribution is 2.16. The van der Waals surface area contributed by atoms with Gasteiger partial charge in [-0.3, -0.25) is 10.2 Å². The molecule has 116 valence electrons. The molecule has 3 rings (SSSR count). The predicted molar refractivity (Wildman–Crippen MR) is 84.3 cm³/mol. The molecule has 1 amide bonds. The number of nitrogens with zero attached hydrogens (tertiary/aromatic N) is 2. The van der Waals surface area contributed by atoms with Gasteiger partial charge >= 0.3 is 0 Å². The zero-order valence-electron chi connectivity index (χ0n) is 12.8. The highest BCUT2D eigenvalue weighted by molar-refractivity contribution is 5.82. The Kier molecular flexibility index (Phi) is 4.22. The quantitative estimate of drug-likeness (QED) is 0.789. The molecule has 1 aromatic carbocycles. The summed E-state index contributed by atoms with van der Waals surface area (Å²) in [5.41, 5.74) is 8.19. The zero-order valence-corrected chi connectivity index (χ0v) is 12.8. The number of benzene rings is 1. The first-order valence-corrected chi connectivity index (χ1v) is 7.52. The highest BCUT2D eigenvalue weighted by atomic mass is 16.2. The average Bonchev–Trinajstić information content (AvgIpc) is 3.14. The van der Waals surface area contributed by atoms with Crippen LogP contribution in [0.1, 0.15) is 24.7 Å². The number of hydrogen-bond donors (Lipinski definition) is 3. The molecule has 0 aliphatic carbocycles. The van der Waals surface area contributed by atoms with Crippen molar-refractivity contribution in [1.29, 1.82) is 0 Å². The van der Waals surface area contributed by atoms with Crippen molar-refractivity contribution in [2.45, 2.75) is 38.9 Å². The van der Waals surface area contributed by atoms with Gasteiger partial charge in [0.25, 0.3) is 0 Å². The van der Waals surface area contributed by atoms with Crippen molar-refractivity contribution >= 4 is 5.91 Å². The molecule has 6 nitrogen and oxygen atoms in total. The lowest BCUT2D eigenvalue weighted by molar-refractivity contribution is -0.123. The molecule has 0 bridgehead atoms. The van der Waals surface area contributed by atoms with Crippen molar-refractivity contribution in [3.05, 3.63) is 48.0 Å². The van der Waals surface area contributed by atoms with Crippen LogP contribution < -0.4 is 16.2 Å². The molecule has 1 aliphatic rings. The number of aryl methyl sites for hydroxylation is 1. The Balaban J connectivity index is 1.71. The van der Waals surface area contributed by atoms with Gasteiger partial charge in [0.1, 0.15) is 11.9 Å². The molecule has 2 atom stereocenters. The highest BCUT2D eigenvalue weighted by Gasteiger charge is 2.26. The van der Waals surface area contributed by atoms with Crippen molar-refractivity contribution < 1.29 is 4.79 Å². The molecular formula is C16H21N5O. The number of carbonyl (C=O) groups is 1. The zero-order chi connectivity index (χ0) is 15.5. The van der Waals surface area contributed by atoms with Crippen LogP contribution in [0.2, 0.25) is 0 Å². The van der Waals surface area contributed by atoms with Gasteiger partial charge in [0.05, 0.1) is 5.69 Å². The SMILES string of the molecule is Cc1nccn1-c1ccccc1CNC(=O)C1CC(C)NN1. The third-order valence-corrected chi connectivity index (χ3v) is 3.94. The second kappa shape index (κ2) is 6.29. The first kappa shape index (κ1) is 14.7. The summed E-state index contributed by atoms with van der Waals surface area (Å²) in [5, 5.41) is 3.01. The number of rotatable bonds is 4. The number of amides is 1. The van der Waals surface area contributed by atoms with Crippen LogP contribution in [0.4, 0.5) is 0 Å². The first-order chi connectivity index (χ1) is 10.6. The molecule has 2 aromatic rings. The smallest absolute Gasteiger partial charge is 0.238 e. The largest absolute Gasteiger partial charge is 0.351 e. The molecule has 0 saturated carbocycles. The van der Waals surface area contributed by atoms with Gasteiger partial charge in [-0.05, 0) is 31.9 Å². The summed E-state index contributed by atoms with van der Waals surface area (Å²) < 4.78 is 2.03. The van der Waals surface area contributed by atoms with E-state index in [1.807, 2.05) is 42.0 Å². The van der Waals surface area contributed by atoms with Gasteiger partial charge in [-0.1, -0.05) is 18.2 Å². The Morgan fingerprint density at radius 2 is 2.23 bits per heavy atom. The maximum absolute atomic E-state index is 12.2. The molecule has 3 N–H and O–H groups in total. The van der Waals surface area contributed by atoms with E-state index in [0.717, 1.165) is 23.5 Å². The van der Waals surface area contributed by atoms with Crippen LogP contribution in [0.25, 0.3) is 5.69 Å². The third-order valence-electron chi connectivity index (χ3n) is 3.94. The van der Waals surface area contributed by atoms with Crippen molar-refractivity contribution in [3.63, 3.8) is 0 Å². The molecule has 0 radical (unpaired) electrons. The molecule has 2 heterocycles. The van der Waals surface area contributed by atoms with Gasteiger partial charge in [-0.15, -0.1) is 0 Å². The third kappa shape index (κ3) is 3.03. The van der Waals surface area contributed by atoms with Crippen molar-refractivity contribution in [2.24, 2.45) is 0 Å². The van der Waals surface area contributed by atoms with E-state index < -0.39 is 0 Å². The summed E-state index contributed by atoms with van der Waals surface area (Å²) in [5.74, 6) is 0.947. The molecule has 1 saturated heterocycles. The number of carbonyl (C=O) groups excluding carboxylic acids is 1. The Hall–Kier alpha value is -2.18. The fourth-order valence-corrected chi connectivity index (χ4v) is 2.72. The number of nitrogens with one attached hydrogen (secondary N) is 3. The molecule has 22 heavy (non-hydrogen) atoms. The van der Waals surface area contributed by atoms with Crippen LogP contribution in [0.15, 0.2) is 36.7 Å². The normalized spacial score (nSPS) is 21.0. The number of hydrogen-bond acceptors (Lipinski definition) is 4. The second-order valence-electron chi connectivity index (χ2n) is 5.67. The van der Waals surface area contributed by atoms with E-state index in [1.54, 1.807) is 6.20 Å². The van der Waals surface area contributed by atoms with E-state index >= 15 is 0 Å². The topological polar surface area (TPSA) is 71.0 Å². The Morgan fingerprint density at radius 1 is 1.41 bits per heavy atom. The van der Waals surface area contributed by atoms with E-state index in [-0.39, 0.29) is 11.9 Å². The maximum atomic E-state index is 12.2. The molecule has 0 spiro atoms. The minimum atomic E-state index is -0.169. The lowest BCUT2D eigenvalue weighted by atomic mass is 10.1. The summed E-state index contributed by atoms with van der Waals surface area (Å²) >= 11 is 0. The molecule has 1 aromatic heterocycles. The van der Waals surface area contributed by atoms with Crippen molar-refractivity contribution in [1.82, 2.24) is 25.7 Å². The fourth-order valence-electron chi connectivity index (χ4n) is 2.72. The van der Waals surface area contributed by atoms with Crippen LogP contribution >= 0.6 is 0 Å². The molecule has 6 heteroatoms. The van der Waals surface area contributed by atoms with Crippen LogP contribution in [0.3, 0.4) is 0 Å². The number of para-hydroxylation sites is 1. The van der Waals surface area contributed by atoms with Crippen LogP contribution in [0, 0.1) is 6.92 Å². The summed E-state index contributed by atoms with van der Waals surface area (Å²) in [6.07, 6.45) is 4.51. The van der Waals surface area contributed by atoms with Crippen LogP contribution in [-0.4, -0.2) is 27.5 Å². The Bertz CT molecular complexity index is 666. The minimum absolute atomic E-state index is 0.0222. The standard InChI is InChI=1S/C16H21N5O/c1-11-9-14(20-19-11)16(22)18-10-13-5-3-4-6-15(13)21-8-7-17-12(21)2/h3-8,11,14,19-20H,9-10H2,1-2H3,(H,18,22). The summed E-state index contributed by atoms with van der Waals surface area (Å²) in [6, 6.07) is 8.18. The number of aromatic nitrogens is 2. The maximum Gasteiger partial charge on any atom is 0.238 e. The van der Waals surface area contributed by atoms with Crippen molar-refractivity contribution in [2.75, 3.05) is 0 Å². The monoisotopic (exact) mass is 299 g/mol. The molecule has 1 fully saturated rings. The summed E-state index contributed by atoms with van der Waals surface area (Å²) in [7, 11) is 0. The molecular weight excluding hydrogens is 278 g/mol. The fraction of sp³-hybridized carbons (Fsp3) is 0.375. The van der Waals surface area contributed by atoms with Gasteiger partial charge < -0.3 is 9.88 Å². The van der Waals surface area contributed by atoms with Gasteiger partial charge in [-0.25, -0.2) is 10.4 Å². The van der Waals surface area contributed by atoms with E-state index in [9.17, 15) is 4.79 Å². The van der Waals surface area contributed by atoms with E-state index in [1.165, 1.54) is 0 Å². The predicted octanol–water partition coefficient (Wildman–Crippen LogP) is 1.05. The lowest BCUT2D eigenvalue weighted by Crippen LogP contribution is -2.43. The van der Waals surface area contributed by atoms with Crippen LogP contribution in [0.5, 0.6) is 0 Å². The Labute approximate surface area is 129 Å². The number of imidazole rings is 1. The average molecular weight is 299 g/mol. The summed E-state index contributed by atoms with van der Waals surface area (Å²) in [6.45, 7) is 4.52. The lowest BCUT2D eigenvalue weighted by Gasteiger charge is -2.14. The van der Waals surface area contributed by atoms with Crippen LogP contribution in [-0.2, 0) is 11.3 Å². The van der Waals surface area contributed by atoms with E-state index in [2.05, 4.69) is 28.1 Å². The first-order valence-electron chi connectivity index (χ1n) is 7.52. The van der Waals surface area contributed by atoms with Gasteiger partial charge in [0.15, 0.2) is 0 Å². The Morgan fingerprint density at radius 3 is 2.91 bits per heavy atom. The molecule has 2 unspecified atom stereocenters. The number of hydrazine groups is 1. The van der Waals surface area contributed by atoms with Gasteiger partial charge in [0.2, 0.25) is 5.91 Å². The second-order valence-corrected chi connectivity index (χ2v) is 5.67. The molecule has 1 aliphatic heterocycles. The van der Waals surface area contributed by atoms with Gasteiger partial charge in [0, 0.05) is 25.0 Å². The summed E-state index contributed by atoms with van der Waals surface area (Å²) in [4.78, 5) is 16.5. The van der Waals surface area contributed by atoms with E-state index in [4.69, 9.17) is 0 Å². The minimum Gasteiger partial charge on any atom is -0.351 e. The van der Waals surface area contributed by atoms with Crippen molar-refractivity contribution in [3.8, 4) is 5.69 Å². The van der Waals surface area contributed by atoms with E-state index in [0.29, 0.717) is 12.6 Å².